The van der Waals surface area contributed by atoms with E-state index in [2.05, 4.69) is 19.3 Å². The molecule has 1 aromatic carbocycles. The smallest absolute Gasteiger partial charge is 0.123 e. The molecule has 1 heterocycles. The summed E-state index contributed by atoms with van der Waals surface area (Å²) in [6.07, 6.45) is 6.00. The molecule has 1 fully saturated rings. The Kier molecular flexibility index (Phi) is 3.97. The fourth-order valence-corrected chi connectivity index (χ4v) is 3.90. The van der Waals surface area contributed by atoms with Crippen LogP contribution in [0.1, 0.15) is 38.2 Å². The molecule has 20 heavy (non-hydrogen) atoms. The van der Waals surface area contributed by atoms with Crippen LogP contribution in [0.25, 0.3) is 0 Å². The van der Waals surface area contributed by atoms with E-state index in [1.807, 2.05) is 0 Å². The average Bonchev–Trinajstić information content (AvgIpc) is 2.80. The average molecular weight is 277 g/mol. The molecule has 0 bridgehead atoms. The minimum absolute atomic E-state index is 0.160. The zero-order valence-electron chi connectivity index (χ0n) is 12.4. The molecular weight excluding hydrogens is 253 g/mol. The Labute approximate surface area is 120 Å². The molecule has 1 aromatic rings. The molecule has 1 saturated carbocycles. The maximum atomic E-state index is 13.2. The number of fused-ring (bicyclic) bond motifs is 1. The van der Waals surface area contributed by atoms with Crippen LogP contribution in [0.4, 0.5) is 4.39 Å². The first-order valence-corrected chi connectivity index (χ1v) is 7.78. The monoisotopic (exact) mass is 277 g/mol. The molecule has 0 radical (unpaired) electrons. The summed E-state index contributed by atoms with van der Waals surface area (Å²) >= 11 is 0. The van der Waals surface area contributed by atoms with Gasteiger partial charge in [0.2, 0.25) is 0 Å². The molecule has 0 saturated heterocycles. The molecule has 0 aromatic heterocycles. The van der Waals surface area contributed by atoms with Gasteiger partial charge in [-0.3, -0.25) is 0 Å². The van der Waals surface area contributed by atoms with Crippen molar-refractivity contribution in [1.29, 1.82) is 0 Å². The zero-order valence-corrected chi connectivity index (χ0v) is 12.4. The fourth-order valence-electron chi connectivity index (χ4n) is 3.90. The van der Waals surface area contributed by atoms with Gasteiger partial charge in [0.1, 0.15) is 17.7 Å². The normalized spacial score (nSPS) is 32.8. The standard InChI is InChI=1S/C17H24FNO/c1-11-3-5-16(19-2)12(7-11)9-15-10-13-8-14(18)4-6-17(13)20-15/h4,6,8,11-12,15-16,19H,3,5,7,9-10H2,1-2H3. The highest BCUT2D eigenvalue weighted by molar-refractivity contribution is 5.37. The predicted molar refractivity (Wildman–Crippen MR) is 78.5 cm³/mol. The summed E-state index contributed by atoms with van der Waals surface area (Å²) < 4.78 is 19.2. The number of rotatable bonds is 3. The van der Waals surface area contributed by atoms with Crippen molar-refractivity contribution in [2.45, 2.75) is 51.2 Å². The van der Waals surface area contributed by atoms with Crippen molar-refractivity contribution >= 4 is 0 Å². The maximum absolute atomic E-state index is 13.2. The third-order valence-electron chi connectivity index (χ3n) is 4.94. The molecule has 1 N–H and O–H groups in total. The largest absolute Gasteiger partial charge is 0.490 e. The Morgan fingerprint density at radius 1 is 1.35 bits per heavy atom. The molecule has 0 spiro atoms. The van der Waals surface area contributed by atoms with Crippen LogP contribution < -0.4 is 10.1 Å². The third-order valence-corrected chi connectivity index (χ3v) is 4.94. The lowest BCUT2D eigenvalue weighted by molar-refractivity contribution is 0.137. The van der Waals surface area contributed by atoms with Gasteiger partial charge in [0, 0.05) is 18.0 Å². The van der Waals surface area contributed by atoms with E-state index in [1.54, 1.807) is 12.1 Å². The summed E-state index contributed by atoms with van der Waals surface area (Å²) in [4.78, 5) is 0. The van der Waals surface area contributed by atoms with Crippen LogP contribution in [-0.2, 0) is 6.42 Å². The van der Waals surface area contributed by atoms with Gasteiger partial charge in [-0.15, -0.1) is 0 Å². The highest BCUT2D eigenvalue weighted by Crippen LogP contribution is 2.36. The van der Waals surface area contributed by atoms with Crippen LogP contribution in [0.15, 0.2) is 18.2 Å². The Morgan fingerprint density at radius 2 is 2.20 bits per heavy atom. The van der Waals surface area contributed by atoms with E-state index in [4.69, 9.17) is 4.74 Å². The van der Waals surface area contributed by atoms with Crippen LogP contribution in [0, 0.1) is 17.7 Å². The van der Waals surface area contributed by atoms with E-state index >= 15 is 0 Å². The van der Waals surface area contributed by atoms with Crippen LogP contribution >= 0.6 is 0 Å². The van der Waals surface area contributed by atoms with Gasteiger partial charge in [-0.05, 0) is 62.8 Å². The molecule has 0 amide bonds. The lowest BCUT2D eigenvalue weighted by Gasteiger charge is -2.36. The highest BCUT2D eigenvalue weighted by atomic mass is 19.1. The number of halogens is 1. The molecule has 4 unspecified atom stereocenters. The van der Waals surface area contributed by atoms with E-state index in [-0.39, 0.29) is 11.9 Å². The fraction of sp³-hybridized carbons (Fsp3) is 0.647. The molecule has 2 nitrogen and oxygen atoms in total. The van der Waals surface area contributed by atoms with Crippen molar-refractivity contribution < 1.29 is 9.13 Å². The van der Waals surface area contributed by atoms with Crippen LogP contribution in [0.3, 0.4) is 0 Å². The summed E-state index contributed by atoms with van der Waals surface area (Å²) in [6.45, 7) is 2.35. The lowest BCUT2D eigenvalue weighted by Crippen LogP contribution is -2.40. The summed E-state index contributed by atoms with van der Waals surface area (Å²) in [7, 11) is 2.06. The topological polar surface area (TPSA) is 21.3 Å². The zero-order chi connectivity index (χ0) is 14.1. The van der Waals surface area contributed by atoms with Gasteiger partial charge in [-0.1, -0.05) is 6.92 Å². The molecule has 110 valence electrons. The first-order chi connectivity index (χ1) is 9.65. The number of hydrogen-bond donors (Lipinski definition) is 1. The minimum Gasteiger partial charge on any atom is -0.490 e. The van der Waals surface area contributed by atoms with Gasteiger partial charge in [0.25, 0.3) is 0 Å². The van der Waals surface area contributed by atoms with E-state index in [0.717, 1.165) is 30.1 Å². The lowest BCUT2D eigenvalue weighted by atomic mass is 9.76. The predicted octanol–water partition coefficient (Wildman–Crippen LogP) is 3.54. The highest BCUT2D eigenvalue weighted by Gasteiger charge is 2.32. The summed E-state index contributed by atoms with van der Waals surface area (Å²) in [5.41, 5.74) is 1.03. The number of ether oxygens (including phenoxy) is 1. The summed E-state index contributed by atoms with van der Waals surface area (Å²) in [5.74, 6) is 2.20. The van der Waals surface area contributed by atoms with Crippen LogP contribution in [-0.4, -0.2) is 19.2 Å². The third kappa shape index (κ3) is 2.83. The Bertz CT molecular complexity index is 476. The van der Waals surface area contributed by atoms with Crippen molar-refractivity contribution in [3.63, 3.8) is 0 Å². The van der Waals surface area contributed by atoms with Crippen molar-refractivity contribution in [3.05, 3.63) is 29.6 Å². The minimum atomic E-state index is -0.160. The SMILES string of the molecule is CNC1CCC(C)CC1CC1Cc2cc(F)ccc2O1. The van der Waals surface area contributed by atoms with Crippen molar-refractivity contribution in [3.8, 4) is 5.75 Å². The van der Waals surface area contributed by atoms with E-state index in [9.17, 15) is 4.39 Å². The van der Waals surface area contributed by atoms with E-state index in [1.165, 1.54) is 25.3 Å². The second kappa shape index (κ2) is 5.72. The van der Waals surface area contributed by atoms with E-state index < -0.39 is 0 Å². The van der Waals surface area contributed by atoms with Gasteiger partial charge < -0.3 is 10.1 Å². The molecule has 2 aliphatic rings. The van der Waals surface area contributed by atoms with E-state index in [0.29, 0.717) is 12.0 Å². The number of benzene rings is 1. The summed E-state index contributed by atoms with van der Waals surface area (Å²) in [6, 6.07) is 5.48. The van der Waals surface area contributed by atoms with Crippen LogP contribution in [0.5, 0.6) is 5.75 Å². The Balaban J connectivity index is 1.64. The molecule has 1 aliphatic heterocycles. The summed E-state index contributed by atoms with van der Waals surface area (Å²) in [5, 5.41) is 3.46. The first kappa shape index (κ1) is 13.9. The second-order valence-corrected chi connectivity index (χ2v) is 6.51. The van der Waals surface area contributed by atoms with Gasteiger partial charge >= 0.3 is 0 Å². The number of hydrogen-bond acceptors (Lipinski definition) is 2. The van der Waals surface area contributed by atoms with Gasteiger partial charge in [-0.2, -0.15) is 0 Å². The van der Waals surface area contributed by atoms with Gasteiger partial charge in [0.15, 0.2) is 0 Å². The molecule has 3 heteroatoms. The Hall–Kier alpha value is -1.09. The molecule has 1 aliphatic carbocycles. The molecular formula is C17H24FNO. The first-order valence-electron chi connectivity index (χ1n) is 7.78. The maximum Gasteiger partial charge on any atom is 0.123 e. The molecule has 4 atom stereocenters. The van der Waals surface area contributed by atoms with Crippen LogP contribution in [0.2, 0.25) is 0 Å². The molecule has 3 rings (SSSR count). The van der Waals surface area contributed by atoms with Crippen molar-refractivity contribution in [2.75, 3.05) is 7.05 Å². The van der Waals surface area contributed by atoms with Crippen molar-refractivity contribution in [1.82, 2.24) is 5.32 Å². The van der Waals surface area contributed by atoms with Gasteiger partial charge in [0.05, 0.1) is 0 Å². The number of nitrogens with one attached hydrogen (secondary N) is 1. The quantitative estimate of drug-likeness (QED) is 0.912. The second-order valence-electron chi connectivity index (χ2n) is 6.51. The van der Waals surface area contributed by atoms with Crippen molar-refractivity contribution in [2.24, 2.45) is 11.8 Å². The van der Waals surface area contributed by atoms with Gasteiger partial charge in [-0.25, -0.2) is 4.39 Å². The Morgan fingerprint density at radius 3 is 3.00 bits per heavy atom.